The molecule has 0 N–H and O–H groups in total. The van der Waals surface area contributed by atoms with E-state index in [1.807, 2.05) is 65.1 Å². The van der Waals surface area contributed by atoms with Crippen LogP contribution in [0.15, 0.2) is 209 Å². The third-order valence-electron chi connectivity index (χ3n) is 11.6. The molecule has 0 fully saturated rings. The first-order valence-corrected chi connectivity index (χ1v) is 22.5. The number of thiophene rings is 2. The summed E-state index contributed by atoms with van der Waals surface area (Å²) in [5, 5.41) is 7.05. The second-order valence-electron chi connectivity index (χ2n) is 15.5. The van der Waals surface area contributed by atoms with Gasteiger partial charge in [-0.2, -0.15) is 0 Å². The second kappa shape index (κ2) is 17.1. The van der Waals surface area contributed by atoms with Gasteiger partial charge in [0.15, 0.2) is 5.84 Å². The molecule has 0 saturated heterocycles. The van der Waals surface area contributed by atoms with Crippen molar-refractivity contribution in [2.45, 2.75) is 6.92 Å². The molecule has 8 aromatic carbocycles. The first kappa shape index (κ1) is 39.7. The molecular formula is C58H42N2OS2. The Morgan fingerprint density at radius 2 is 1.17 bits per heavy atom. The fourth-order valence-corrected chi connectivity index (χ4v) is 10.9. The van der Waals surface area contributed by atoms with Crippen LogP contribution in [0.2, 0.25) is 0 Å². The number of aliphatic imine (C=N–C) groups is 2. The average molecular weight is 847 g/mol. The molecule has 0 radical (unpaired) electrons. The van der Waals surface area contributed by atoms with Crippen molar-refractivity contribution in [3.05, 3.63) is 216 Å². The monoisotopic (exact) mass is 846 g/mol. The number of aryl methyl sites for hydroxylation is 1. The standard InChI is InChI=1S/C45H30N2OS2.C13H12/c1-4-28(26-47-45(46-3)29-12-6-5-7-13-29)42-27(2)48-38-23-19-30(24-37(38)42)32-21-22-33(44-43(32)36-15-9-11-17-40(36)50-44)31-18-20-35-34-14-8-10-16-39(34)49-41(35)25-31;1-11-7-9-13(10-8-11)12-5-3-2-4-6-12/h4-25H,1-3,26H2;2-10H,1H3/b42-28-,47-45?;. The van der Waals surface area contributed by atoms with Gasteiger partial charge in [0, 0.05) is 56.5 Å². The highest BCUT2D eigenvalue weighted by atomic mass is 32.1. The van der Waals surface area contributed by atoms with Crippen molar-refractivity contribution in [1.82, 2.24) is 0 Å². The van der Waals surface area contributed by atoms with E-state index in [4.69, 9.17) is 9.41 Å². The Balaban J connectivity index is 0.000000310. The van der Waals surface area contributed by atoms with Gasteiger partial charge in [0.05, 0.1) is 6.54 Å². The Labute approximate surface area is 374 Å². The maximum Gasteiger partial charge on any atom is 0.154 e. The van der Waals surface area contributed by atoms with Gasteiger partial charge >= 0.3 is 0 Å². The van der Waals surface area contributed by atoms with Crippen LogP contribution in [0, 0.1) is 6.92 Å². The summed E-state index contributed by atoms with van der Waals surface area (Å²) in [4.78, 5) is 9.02. The molecule has 3 nitrogen and oxygen atoms in total. The van der Waals surface area contributed by atoms with Crippen LogP contribution < -0.4 is 10.6 Å². The van der Waals surface area contributed by atoms with E-state index in [0.29, 0.717) is 17.8 Å². The van der Waals surface area contributed by atoms with Gasteiger partial charge in [0.1, 0.15) is 11.0 Å². The number of benzene rings is 8. The average Bonchev–Trinajstić information content (AvgIpc) is 4.01. The second-order valence-corrected chi connectivity index (χ2v) is 17.6. The molecule has 0 aliphatic carbocycles. The normalized spacial score (nSPS) is 12.2. The molecule has 0 aliphatic heterocycles. The van der Waals surface area contributed by atoms with Crippen LogP contribution in [-0.4, -0.2) is 19.1 Å². The summed E-state index contributed by atoms with van der Waals surface area (Å²) in [7, 11) is 0. The minimum atomic E-state index is 0.367. The molecule has 302 valence electrons. The van der Waals surface area contributed by atoms with Crippen LogP contribution in [0.4, 0.5) is 0 Å². The third-order valence-corrected chi connectivity index (χ3v) is 13.9. The van der Waals surface area contributed by atoms with Crippen LogP contribution in [0.5, 0.6) is 0 Å². The van der Waals surface area contributed by atoms with Crippen LogP contribution in [-0.2, 0) is 0 Å². The molecule has 0 bridgehead atoms. The van der Waals surface area contributed by atoms with E-state index in [0.717, 1.165) is 32.9 Å². The number of hydrogen-bond acceptors (Lipinski definition) is 4. The highest BCUT2D eigenvalue weighted by Crippen LogP contribution is 2.46. The van der Waals surface area contributed by atoms with E-state index in [1.54, 1.807) is 0 Å². The zero-order valence-electron chi connectivity index (χ0n) is 34.8. The number of hydrogen-bond donors (Lipinski definition) is 0. The summed E-state index contributed by atoms with van der Waals surface area (Å²) in [5.41, 5.74) is 11.9. The van der Waals surface area contributed by atoms with E-state index >= 15 is 0 Å². The summed E-state index contributed by atoms with van der Waals surface area (Å²) in [6.07, 6.45) is 1.84. The highest BCUT2D eigenvalue weighted by Gasteiger charge is 2.18. The Bertz CT molecular complexity index is 3650. The Hall–Kier alpha value is -7.44. The predicted molar refractivity (Wildman–Crippen MR) is 275 cm³/mol. The number of furan rings is 1. The quantitative estimate of drug-likeness (QED) is 0.116. The number of rotatable bonds is 7. The predicted octanol–water partition coefficient (Wildman–Crippen LogP) is 15.1. The van der Waals surface area contributed by atoms with E-state index in [9.17, 15) is 0 Å². The molecule has 5 heteroatoms. The van der Waals surface area contributed by atoms with Crippen molar-refractivity contribution in [2.75, 3.05) is 6.54 Å². The van der Waals surface area contributed by atoms with Gasteiger partial charge in [-0.25, -0.2) is 4.99 Å². The summed E-state index contributed by atoms with van der Waals surface area (Å²) >= 11 is 3.72. The number of fused-ring (bicyclic) bond motifs is 7. The van der Waals surface area contributed by atoms with Gasteiger partial charge in [-0.3, -0.25) is 4.99 Å². The van der Waals surface area contributed by atoms with Gasteiger partial charge < -0.3 is 4.42 Å². The fraction of sp³-hybridized carbons (Fsp3) is 0.0345. The van der Waals surface area contributed by atoms with Gasteiger partial charge in [0.2, 0.25) is 0 Å². The minimum absolute atomic E-state index is 0.367. The lowest BCUT2D eigenvalue weighted by molar-refractivity contribution is 0.577. The van der Waals surface area contributed by atoms with Crippen LogP contribution in [0.1, 0.15) is 11.1 Å². The molecule has 63 heavy (non-hydrogen) atoms. The van der Waals surface area contributed by atoms with Gasteiger partial charge in [-0.1, -0.05) is 176 Å². The fourth-order valence-electron chi connectivity index (χ4n) is 8.46. The first-order valence-electron chi connectivity index (χ1n) is 20.9. The summed E-state index contributed by atoms with van der Waals surface area (Å²) < 4.78 is 11.4. The van der Waals surface area contributed by atoms with Crippen molar-refractivity contribution in [1.29, 1.82) is 0 Å². The lowest BCUT2D eigenvalue weighted by Crippen LogP contribution is -2.22. The van der Waals surface area contributed by atoms with Gasteiger partial charge in [-0.15, -0.1) is 22.7 Å². The zero-order valence-corrected chi connectivity index (χ0v) is 36.5. The van der Waals surface area contributed by atoms with Crippen LogP contribution in [0.3, 0.4) is 0 Å². The maximum atomic E-state index is 6.21. The molecule has 0 saturated carbocycles. The van der Waals surface area contributed by atoms with Crippen molar-refractivity contribution in [2.24, 2.45) is 9.98 Å². The largest absolute Gasteiger partial charge is 0.457 e. The van der Waals surface area contributed by atoms with Crippen molar-refractivity contribution >= 4 is 98.7 Å². The number of nitrogens with zero attached hydrogens (tertiary/aromatic N) is 2. The molecule has 3 aromatic heterocycles. The van der Waals surface area contributed by atoms with Crippen LogP contribution >= 0.6 is 22.7 Å². The zero-order chi connectivity index (χ0) is 42.9. The lowest BCUT2D eigenvalue weighted by Gasteiger charge is -2.10. The van der Waals surface area contributed by atoms with Gasteiger partial charge in [-0.05, 0) is 82.9 Å². The SMILES string of the molecule is C=C/C(CN=C(N=C)c1ccccc1)=c1\c(=C)oc2ccc(-c3ccc(-c4ccc5c(c4)sc4ccccc45)c4sc5ccccc5c34)cc12.Cc1ccc(-c2ccccc2)cc1. The van der Waals surface area contributed by atoms with Crippen molar-refractivity contribution in [3.8, 4) is 33.4 Å². The molecule has 0 amide bonds. The summed E-state index contributed by atoms with van der Waals surface area (Å²) in [6, 6.07) is 64.2. The summed E-state index contributed by atoms with van der Waals surface area (Å²) in [5.74, 6) is 0.586. The molecule has 11 rings (SSSR count). The van der Waals surface area contributed by atoms with E-state index < -0.39 is 0 Å². The molecule has 0 spiro atoms. The van der Waals surface area contributed by atoms with E-state index in [-0.39, 0.29) is 0 Å². The van der Waals surface area contributed by atoms with E-state index in [2.05, 4.69) is 177 Å². The van der Waals surface area contributed by atoms with E-state index in [1.165, 1.54) is 73.7 Å². The number of amidine groups is 1. The smallest absolute Gasteiger partial charge is 0.154 e. The Morgan fingerprint density at radius 3 is 1.92 bits per heavy atom. The molecule has 0 atom stereocenters. The van der Waals surface area contributed by atoms with Crippen molar-refractivity contribution < 1.29 is 4.42 Å². The molecule has 3 heterocycles. The molecule has 0 unspecified atom stereocenters. The first-order chi connectivity index (χ1) is 31.0. The summed E-state index contributed by atoms with van der Waals surface area (Å²) in [6.45, 7) is 14.7. The maximum absolute atomic E-state index is 6.21. The third kappa shape index (κ3) is 7.63. The molecular weight excluding hydrogens is 805 g/mol. The van der Waals surface area contributed by atoms with Crippen molar-refractivity contribution in [3.63, 3.8) is 0 Å². The molecule has 11 aromatic rings. The Morgan fingerprint density at radius 1 is 0.571 bits per heavy atom. The van der Waals surface area contributed by atoms with Gasteiger partial charge in [0.25, 0.3) is 0 Å². The molecule has 0 aliphatic rings. The topological polar surface area (TPSA) is 37.9 Å². The lowest BCUT2D eigenvalue weighted by atomic mass is 9.94. The van der Waals surface area contributed by atoms with Crippen LogP contribution in [0.25, 0.3) is 96.8 Å². The Kier molecular flexibility index (Phi) is 10.8. The minimum Gasteiger partial charge on any atom is -0.457 e. The highest BCUT2D eigenvalue weighted by molar-refractivity contribution is 7.26.